The van der Waals surface area contributed by atoms with Crippen molar-refractivity contribution in [3.05, 3.63) is 36.0 Å². The fraction of sp³-hybridized carbons (Fsp3) is 0.474. The van der Waals surface area contributed by atoms with Crippen LogP contribution in [0, 0.1) is 6.92 Å². The minimum Gasteiger partial charge on any atom is -0.489 e. The van der Waals surface area contributed by atoms with Gasteiger partial charge >= 0.3 is 0 Å². The minimum absolute atomic E-state index is 0.0612. The maximum absolute atomic E-state index is 11.8. The number of rotatable bonds is 6. The van der Waals surface area contributed by atoms with E-state index in [1.165, 1.54) is 0 Å². The largest absolute Gasteiger partial charge is 0.489 e. The molecular formula is C19H26N4O3S. The number of sulfone groups is 1. The van der Waals surface area contributed by atoms with Gasteiger partial charge in [-0.3, -0.25) is 0 Å². The second kappa shape index (κ2) is 7.72. The van der Waals surface area contributed by atoms with E-state index in [0.717, 1.165) is 17.1 Å². The molecule has 1 atom stereocenters. The number of aromatic nitrogens is 2. The summed E-state index contributed by atoms with van der Waals surface area (Å²) in [5, 5.41) is 3.30. The molecule has 0 spiro atoms. The predicted octanol–water partition coefficient (Wildman–Crippen LogP) is 2.94. The van der Waals surface area contributed by atoms with Gasteiger partial charge in [0.1, 0.15) is 11.6 Å². The molecule has 2 aromatic rings. The van der Waals surface area contributed by atoms with E-state index in [2.05, 4.69) is 15.3 Å². The zero-order valence-corrected chi connectivity index (χ0v) is 17.0. The number of para-hydroxylation sites is 2. The average Bonchev–Trinajstić information content (AvgIpc) is 2.95. The molecule has 0 radical (unpaired) electrons. The van der Waals surface area contributed by atoms with Crippen LogP contribution in [-0.4, -0.2) is 49.1 Å². The number of hydrogen-bond acceptors (Lipinski definition) is 7. The quantitative estimate of drug-likeness (QED) is 0.812. The highest BCUT2D eigenvalue weighted by molar-refractivity contribution is 7.91. The van der Waals surface area contributed by atoms with Gasteiger partial charge in [0.05, 0.1) is 23.3 Å². The van der Waals surface area contributed by atoms with Crippen LogP contribution in [0.15, 0.2) is 30.3 Å². The molecule has 1 aromatic carbocycles. The minimum atomic E-state index is -2.96. The van der Waals surface area contributed by atoms with Gasteiger partial charge in [0.25, 0.3) is 0 Å². The first kappa shape index (κ1) is 19.4. The summed E-state index contributed by atoms with van der Waals surface area (Å²) in [7, 11) is -1.12. The van der Waals surface area contributed by atoms with Gasteiger partial charge in [0, 0.05) is 24.8 Å². The van der Waals surface area contributed by atoms with Gasteiger partial charge in [-0.15, -0.1) is 0 Å². The Labute approximate surface area is 160 Å². The molecule has 1 saturated heterocycles. The van der Waals surface area contributed by atoms with Gasteiger partial charge in [-0.2, -0.15) is 4.98 Å². The van der Waals surface area contributed by atoms with E-state index in [1.807, 2.05) is 63.1 Å². The molecule has 0 saturated carbocycles. The molecule has 27 heavy (non-hydrogen) atoms. The van der Waals surface area contributed by atoms with Crippen molar-refractivity contribution in [1.29, 1.82) is 0 Å². The number of benzene rings is 1. The highest BCUT2D eigenvalue weighted by atomic mass is 32.2. The maximum Gasteiger partial charge on any atom is 0.227 e. The van der Waals surface area contributed by atoms with Crippen LogP contribution in [0.25, 0.3) is 0 Å². The summed E-state index contributed by atoms with van der Waals surface area (Å²) < 4.78 is 29.4. The topological polar surface area (TPSA) is 84.4 Å². The summed E-state index contributed by atoms with van der Waals surface area (Å²) in [5.74, 6) is 2.28. The molecule has 3 rings (SSSR count). The molecule has 1 fully saturated rings. The second-order valence-corrected chi connectivity index (χ2v) is 9.38. The first-order chi connectivity index (χ1) is 12.7. The Morgan fingerprint density at radius 3 is 2.67 bits per heavy atom. The lowest BCUT2D eigenvalue weighted by atomic mass is 10.2. The lowest BCUT2D eigenvalue weighted by Crippen LogP contribution is -2.34. The van der Waals surface area contributed by atoms with Crippen LogP contribution in [0.1, 0.15) is 26.0 Å². The van der Waals surface area contributed by atoms with Crippen molar-refractivity contribution in [1.82, 2.24) is 9.97 Å². The van der Waals surface area contributed by atoms with Crippen LogP contribution in [0.2, 0.25) is 0 Å². The van der Waals surface area contributed by atoms with E-state index >= 15 is 0 Å². The Kier molecular flexibility index (Phi) is 5.55. The van der Waals surface area contributed by atoms with Crippen LogP contribution < -0.4 is 15.0 Å². The molecule has 146 valence electrons. The summed E-state index contributed by atoms with van der Waals surface area (Å²) in [6.07, 6.45) is 0.662. The van der Waals surface area contributed by atoms with Gasteiger partial charge < -0.3 is 15.0 Å². The predicted molar refractivity (Wildman–Crippen MR) is 108 cm³/mol. The molecule has 1 unspecified atom stereocenters. The molecule has 1 aliphatic rings. The molecular weight excluding hydrogens is 364 g/mol. The first-order valence-corrected chi connectivity index (χ1v) is 10.9. The van der Waals surface area contributed by atoms with E-state index < -0.39 is 9.84 Å². The zero-order chi connectivity index (χ0) is 19.6. The molecule has 1 N–H and O–H groups in total. The number of anilines is 3. The third-order valence-corrected chi connectivity index (χ3v) is 6.18. The summed E-state index contributed by atoms with van der Waals surface area (Å²) in [5.41, 5.74) is 1.62. The van der Waals surface area contributed by atoms with E-state index in [9.17, 15) is 8.42 Å². The van der Waals surface area contributed by atoms with E-state index in [1.54, 1.807) is 0 Å². The SMILES string of the molecule is Cc1cc(Nc2ccccc2OC(C)C)nc(N(C)C2CCS(=O)(=O)C2)n1. The molecule has 2 heterocycles. The number of nitrogens with one attached hydrogen (secondary N) is 1. The van der Waals surface area contributed by atoms with Crippen molar-refractivity contribution in [3.63, 3.8) is 0 Å². The Morgan fingerprint density at radius 1 is 1.26 bits per heavy atom. The normalized spacial score (nSPS) is 18.5. The summed E-state index contributed by atoms with van der Waals surface area (Å²) in [6.45, 7) is 5.86. The molecule has 1 aliphatic heterocycles. The smallest absolute Gasteiger partial charge is 0.227 e. The van der Waals surface area contributed by atoms with Crippen LogP contribution >= 0.6 is 0 Å². The van der Waals surface area contributed by atoms with Crippen LogP contribution in [0.4, 0.5) is 17.5 Å². The molecule has 0 bridgehead atoms. The summed E-state index contributed by atoms with van der Waals surface area (Å²) >= 11 is 0. The average molecular weight is 391 g/mol. The number of aryl methyl sites for hydroxylation is 1. The Morgan fingerprint density at radius 2 is 2.00 bits per heavy atom. The van der Waals surface area contributed by atoms with Gasteiger partial charge in [0.2, 0.25) is 5.95 Å². The van der Waals surface area contributed by atoms with E-state index in [0.29, 0.717) is 18.2 Å². The third kappa shape index (κ3) is 4.88. The molecule has 0 aliphatic carbocycles. The molecule has 7 nitrogen and oxygen atoms in total. The number of ether oxygens (including phenoxy) is 1. The zero-order valence-electron chi connectivity index (χ0n) is 16.1. The van der Waals surface area contributed by atoms with Crippen molar-refractivity contribution in [2.24, 2.45) is 0 Å². The van der Waals surface area contributed by atoms with Crippen LogP contribution in [0.3, 0.4) is 0 Å². The number of nitrogens with zero attached hydrogens (tertiary/aromatic N) is 3. The maximum atomic E-state index is 11.8. The molecule has 8 heteroatoms. The first-order valence-electron chi connectivity index (χ1n) is 9.05. The molecule has 1 aromatic heterocycles. The summed E-state index contributed by atoms with van der Waals surface area (Å²) in [6, 6.07) is 9.46. The Hall–Kier alpha value is -2.35. The fourth-order valence-corrected chi connectivity index (χ4v) is 4.86. The standard InChI is InChI=1S/C19H26N4O3S/c1-13(2)26-17-8-6-5-7-16(17)21-18-11-14(3)20-19(22-18)23(4)15-9-10-27(24,25)12-15/h5-8,11,13,15H,9-10,12H2,1-4H3,(H,20,21,22). The van der Waals surface area contributed by atoms with Crippen molar-refractivity contribution < 1.29 is 13.2 Å². The van der Waals surface area contributed by atoms with Gasteiger partial charge in [0.15, 0.2) is 9.84 Å². The number of hydrogen-bond donors (Lipinski definition) is 1. The van der Waals surface area contributed by atoms with Crippen LogP contribution in [-0.2, 0) is 9.84 Å². The van der Waals surface area contributed by atoms with E-state index in [-0.39, 0.29) is 23.7 Å². The van der Waals surface area contributed by atoms with E-state index in [4.69, 9.17) is 4.74 Å². The Bertz CT molecular complexity index is 915. The monoisotopic (exact) mass is 390 g/mol. The van der Waals surface area contributed by atoms with Gasteiger partial charge in [-0.25, -0.2) is 13.4 Å². The van der Waals surface area contributed by atoms with Crippen molar-refractivity contribution in [3.8, 4) is 5.75 Å². The fourth-order valence-electron chi connectivity index (χ4n) is 3.08. The lowest BCUT2D eigenvalue weighted by molar-refractivity contribution is 0.244. The van der Waals surface area contributed by atoms with Gasteiger partial charge in [-0.1, -0.05) is 12.1 Å². The van der Waals surface area contributed by atoms with Crippen molar-refractivity contribution >= 4 is 27.3 Å². The molecule has 0 amide bonds. The highest BCUT2D eigenvalue weighted by Crippen LogP contribution is 2.29. The Balaban J connectivity index is 1.84. The lowest BCUT2D eigenvalue weighted by Gasteiger charge is -2.24. The van der Waals surface area contributed by atoms with Gasteiger partial charge in [-0.05, 0) is 39.3 Å². The van der Waals surface area contributed by atoms with Crippen LogP contribution in [0.5, 0.6) is 5.75 Å². The van der Waals surface area contributed by atoms with Crippen molar-refractivity contribution in [2.45, 2.75) is 39.3 Å². The third-order valence-electron chi connectivity index (χ3n) is 4.43. The second-order valence-electron chi connectivity index (χ2n) is 7.15. The van der Waals surface area contributed by atoms with Crippen molar-refractivity contribution in [2.75, 3.05) is 28.8 Å². The highest BCUT2D eigenvalue weighted by Gasteiger charge is 2.32. The summed E-state index contributed by atoms with van der Waals surface area (Å²) in [4.78, 5) is 10.9.